The van der Waals surface area contributed by atoms with Gasteiger partial charge in [0, 0.05) is 11.9 Å². The van der Waals surface area contributed by atoms with E-state index in [1.165, 1.54) is 14.6 Å². The zero-order valence-corrected chi connectivity index (χ0v) is 24.3. The summed E-state index contributed by atoms with van der Waals surface area (Å²) in [4.78, 5) is 26.4. The summed E-state index contributed by atoms with van der Waals surface area (Å²) in [5.74, 6) is -0.387. The number of carboxylic acid groups (broad SMARTS) is 1. The van der Waals surface area contributed by atoms with E-state index in [0.717, 1.165) is 62.4 Å². The average Bonchev–Trinajstić information content (AvgIpc) is 3.23. The van der Waals surface area contributed by atoms with Crippen molar-refractivity contribution in [2.75, 3.05) is 5.32 Å². The van der Waals surface area contributed by atoms with Gasteiger partial charge in [0.05, 0.1) is 0 Å². The van der Waals surface area contributed by atoms with Crippen LogP contribution in [0, 0.1) is 0 Å². The van der Waals surface area contributed by atoms with E-state index < -0.39 is 5.97 Å². The number of halogens is 1. The van der Waals surface area contributed by atoms with Crippen molar-refractivity contribution in [3.63, 3.8) is 0 Å². The molecule has 0 bridgehead atoms. The van der Waals surface area contributed by atoms with Gasteiger partial charge in [0.2, 0.25) is 0 Å². The summed E-state index contributed by atoms with van der Waals surface area (Å²) < 4.78 is 7.50. The Morgan fingerprint density at radius 2 is 1.68 bits per heavy atom. The minimum absolute atomic E-state index is 0.260. The maximum absolute atomic E-state index is 12.7. The number of amides is 1. The van der Waals surface area contributed by atoms with Crippen LogP contribution in [0.1, 0.15) is 18.1 Å². The molecule has 0 spiro atoms. The van der Waals surface area contributed by atoms with Crippen LogP contribution in [-0.4, -0.2) is 50.1 Å². The summed E-state index contributed by atoms with van der Waals surface area (Å²) in [6, 6.07) is 27.9. The number of amidine groups is 1. The number of nitrogens with one attached hydrogen (secondary N) is 1. The first-order valence-corrected chi connectivity index (χ1v) is 13.9. The number of aliphatic imine (C=N–C) groups is 1. The van der Waals surface area contributed by atoms with Crippen molar-refractivity contribution in [2.45, 2.75) is 13.5 Å². The monoisotopic (exact) mass is 552 g/mol. The van der Waals surface area contributed by atoms with Gasteiger partial charge in [-0.2, -0.15) is 0 Å². The normalized spacial score (nSPS) is 13.6. The molecule has 1 amide bonds. The smallest absolute Gasteiger partial charge is 0.0843 e. The SMILES string of the molecule is CC(=O)O.O=C1N=C(Nc2cc[c]([Na])cc2)S/C1=C/c1cc2ccccc2cc1OCc1ccc(Cl)cc1. The summed E-state index contributed by atoms with van der Waals surface area (Å²) in [5.41, 5.74) is 2.76. The standard InChI is InChI=1S/C27H18ClN2O2S.C2H4O2.Na/c28-22-12-10-18(11-13-22)17-32-24-15-20-7-5-4-6-19(20)14-21(24)16-25-26(31)30-27(33-25)29-23-8-2-1-3-9-23;1-2(3)4;/h2-16H,17H2,(H,29,30,31);1H3,(H,3,4);/b25-16+;;. The van der Waals surface area contributed by atoms with Crippen LogP contribution in [0.2, 0.25) is 5.02 Å². The predicted molar refractivity (Wildman–Crippen MR) is 157 cm³/mol. The molecular formula is C29H22ClN2NaO4S. The first-order chi connectivity index (χ1) is 18.3. The Bertz CT molecular complexity index is 1530. The molecule has 1 aliphatic heterocycles. The van der Waals surface area contributed by atoms with E-state index in [2.05, 4.69) is 22.4 Å². The number of nitrogens with zero attached hydrogens (tertiary/aromatic N) is 1. The van der Waals surface area contributed by atoms with Gasteiger partial charge in [-0.1, -0.05) is 48.0 Å². The minimum Gasteiger partial charge on any atom is -0.0843 e. The first kappa shape index (κ1) is 28.0. The molecule has 4 aromatic rings. The molecule has 0 saturated carbocycles. The second-order valence-corrected chi connectivity index (χ2v) is 11.1. The Morgan fingerprint density at radius 3 is 2.34 bits per heavy atom. The van der Waals surface area contributed by atoms with E-state index >= 15 is 0 Å². The summed E-state index contributed by atoms with van der Waals surface area (Å²) >= 11 is 8.34. The van der Waals surface area contributed by atoms with Crippen molar-refractivity contribution < 1.29 is 19.4 Å². The summed E-state index contributed by atoms with van der Waals surface area (Å²) in [5, 5.41) is 14.1. The zero-order valence-electron chi connectivity index (χ0n) is 20.8. The molecule has 0 aliphatic carbocycles. The third-order valence-corrected chi connectivity index (χ3v) is 7.21. The van der Waals surface area contributed by atoms with E-state index in [0.29, 0.717) is 27.5 Å². The molecule has 2 N–H and O–H groups in total. The van der Waals surface area contributed by atoms with Crippen molar-refractivity contribution in [1.29, 1.82) is 0 Å². The number of thioether (sulfide) groups is 1. The molecule has 9 heteroatoms. The Labute approximate surface area is 247 Å². The van der Waals surface area contributed by atoms with Crippen molar-refractivity contribution in [1.82, 2.24) is 0 Å². The van der Waals surface area contributed by atoms with Crippen LogP contribution in [0.25, 0.3) is 16.8 Å². The number of carboxylic acids is 1. The van der Waals surface area contributed by atoms with Gasteiger partial charge in [0.1, 0.15) is 6.61 Å². The number of ether oxygens (including phenoxy) is 1. The number of hydrogen-bond acceptors (Lipinski definition) is 5. The molecule has 6 nitrogen and oxygen atoms in total. The summed E-state index contributed by atoms with van der Waals surface area (Å²) in [6.07, 6.45) is 1.86. The fraction of sp³-hybridized carbons (Fsp3) is 0.0690. The van der Waals surface area contributed by atoms with Gasteiger partial charge in [0.15, 0.2) is 0 Å². The number of fused-ring (bicyclic) bond motifs is 1. The quantitative estimate of drug-likeness (QED) is 0.232. The number of benzene rings is 4. The Morgan fingerprint density at radius 1 is 1.05 bits per heavy atom. The van der Waals surface area contributed by atoms with Gasteiger partial charge >= 0.3 is 143 Å². The molecule has 0 aromatic heterocycles. The van der Waals surface area contributed by atoms with E-state index in [4.69, 9.17) is 26.2 Å². The van der Waals surface area contributed by atoms with Gasteiger partial charge in [-0.05, 0) is 23.1 Å². The van der Waals surface area contributed by atoms with Crippen molar-refractivity contribution in [2.24, 2.45) is 4.99 Å². The van der Waals surface area contributed by atoms with E-state index in [-0.39, 0.29) is 5.91 Å². The number of hydrogen-bond donors (Lipinski definition) is 2. The fourth-order valence-electron chi connectivity index (χ4n) is 3.58. The Balaban J connectivity index is 0.000000786. The first-order valence-electron chi connectivity index (χ1n) is 11.7. The predicted octanol–water partition coefficient (Wildman–Crippen LogP) is 6.04. The molecule has 0 atom stereocenters. The van der Waals surface area contributed by atoms with Crippen LogP contribution >= 0.6 is 23.4 Å². The molecule has 1 heterocycles. The maximum atomic E-state index is 12.7. The second kappa shape index (κ2) is 13.1. The van der Waals surface area contributed by atoms with Gasteiger partial charge in [-0.3, -0.25) is 4.79 Å². The zero-order chi connectivity index (χ0) is 27.1. The van der Waals surface area contributed by atoms with Crippen LogP contribution in [0.5, 0.6) is 5.75 Å². The average molecular weight is 553 g/mol. The molecule has 38 heavy (non-hydrogen) atoms. The third kappa shape index (κ3) is 7.96. The van der Waals surface area contributed by atoms with Crippen LogP contribution in [0.15, 0.2) is 94.8 Å². The van der Waals surface area contributed by atoms with Crippen molar-refractivity contribution in [3.8, 4) is 5.75 Å². The van der Waals surface area contributed by atoms with Gasteiger partial charge < -0.3 is 5.11 Å². The molecule has 0 unspecified atom stereocenters. The molecule has 0 fully saturated rings. The minimum atomic E-state index is -0.833. The topological polar surface area (TPSA) is 88.0 Å². The van der Waals surface area contributed by atoms with Crippen LogP contribution < -0.4 is 12.9 Å². The van der Waals surface area contributed by atoms with Crippen LogP contribution in [0.3, 0.4) is 0 Å². The van der Waals surface area contributed by atoms with Crippen LogP contribution in [-0.2, 0) is 16.2 Å². The van der Waals surface area contributed by atoms with Gasteiger partial charge in [0.25, 0.3) is 5.97 Å². The number of carbonyl (C=O) groups is 2. The molecular weight excluding hydrogens is 531 g/mol. The van der Waals surface area contributed by atoms with Crippen LogP contribution in [0.4, 0.5) is 5.69 Å². The Hall–Kier alpha value is -3.07. The Kier molecular flexibility index (Phi) is 9.66. The fourth-order valence-corrected chi connectivity index (χ4v) is 4.86. The molecule has 4 aromatic carbocycles. The molecule has 0 radical (unpaired) electrons. The summed E-state index contributed by atoms with van der Waals surface area (Å²) in [7, 11) is 0. The summed E-state index contributed by atoms with van der Waals surface area (Å²) in [6.45, 7) is 1.48. The van der Waals surface area contributed by atoms with E-state index in [1.807, 2.05) is 78.9 Å². The van der Waals surface area contributed by atoms with E-state index in [1.54, 1.807) is 0 Å². The number of carbonyl (C=O) groups excluding carboxylic acids is 1. The molecule has 5 rings (SSSR count). The number of aliphatic carboxylic acids is 1. The van der Waals surface area contributed by atoms with Gasteiger partial charge in [-0.25, -0.2) is 0 Å². The van der Waals surface area contributed by atoms with Gasteiger partial charge in [-0.15, -0.1) is 0 Å². The van der Waals surface area contributed by atoms with Crippen molar-refractivity contribution in [3.05, 3.63) is 106 Å². The third-order valence-electron chi connectivity index (χ3n) is 5.40. The molecule has 0 saturated heterocycles. The molecule has 1 aliphatic rings. The van der Waals surface area contributed by atoms with E-state index in [9.17, 15) is 4.79 Å². The number of anilines is 1. The van der Waals surface area contributed by atoms with Crippen molar-refractivity contribution >= 4 is 93.7 Å². The second-order valence-electron chi connectivity index (χ2n) is 8.50. The molecule has 186 valence electrons. The number of rotatable bonds is 5.